The van der Waals surface area contributed by atoms with Gasteiger partial charge < -0.3 is 25.0 Å². The van der Waals surface area contributed by atoms with Crippen LogP contribution in [0.3, 0.4) is 0 Å². The van der Waals surface area contributed by atoms with Crippen LogP contribution in [0.2, 0.25) is 0 Å². The fourth-order valence-corrected chi connectivity index (χ4v) is 4.52. The number of halogens is 1. The fraction of sp³-hybridized carbons (Fsp3) is 0.185. The summed E-state index contributed by atoms with van der Waals surface area (Å²) in [5, 5.41) is 16.9. The number of hydrogen-bond donors (Lipinski definition) is 4. The van der Waals surface area contributed by atoms with Crippen LogP contribution in [-0.4, -0.2) is 40.6 Å². The second-order valence-corrected chi connectivity index (χ2v) is 8.55. The number of carbonyl (C=O) groups is 4. The number of benzene rings is 2. The van der Waals surface area contributed by atoms with Crippen LogP contribution in [0.1, 0.15) is 50.2 Å². The van der Waals surface area contributed by atoms with Crippen LogP contribution >= 0.6 is 0 Å². The summed E-state index contributed by atoms with van der Waals surface area (Å²) < 4.78 is 20.9. The van der Waals surface area contributed by atoms with Crippen LogP contribution in [0.4, 0.5) is 20.6 Å². The predicted molar refractivity (Wildman–Crippen MR) is 139 cm³/mol. The lowest BCUT2D eigenvalue weighted by atomic mass is 10.0. The van der Waals surface area contributed by atoms with Crippen molar-refractivity contribution in [1.29, 1.82) is 0 Å². The highest BCUT2D eigenvalue weighted by Gasteiger charge is 2.27. The van der Waals surface area contributed by atoms with Crippen molar-refractivity contribution < 1.29 is 33.4 Å². The van der Waals surface area contributed by atoms with Crippen LogP contribution in [0.5, 0.6) is 5.75 Å². The molecule has 0 atom stereocenters. The number of anilines is 2. The Hall–Kier alpha value is -4.93. The lowest BCUT2D eigenvalue weighted by molar-refractivity contribution is -0.110. The topological polar surface area (TPSA) is 139 Å². The van der Waals surface area contributed by atoms with Gasteiger partial charge in [0.25, 0.3) is 11.8 Å². The van der Waals surface area contributed by atoms with E-state index in [4.69, 9.17) is 4.74 Å². The molecule has 3 aromatic rings. The summed E-state index contributed by atoms with van der Waals surface area (Å²) in [4.78, 5) is 49.2. The number of hydrogen-bond acceptors (Lipinski definition) is 5. The molecule has 1 aliphatic heterocycles. The normalized spacial score (nSPS) is 13.2. The number of aromatic nitrogens is 1. The molecular weight excluding hydrogens is 495 g/mol. The van der Waals surface area contributed by atoms with Gasteiger partial charge in [0.15, 0.2) is 0 Å². The van der Waals surface area contributed by atoms with E-state index in [1.54, 1.807) is 32.1 Å². The molecule has 0 fully saturated rings. The van der Waals surface area contributed by atoms with Gasteiger partial charge in [0.05, 0.1) is 29.5 Å². The third-order valence-electron chi connectivity index (χ3n) is 6.34. The number of amides is 4. The zero-order chi connectivity index (χ0) is 27.7. The molecule has 0 aliphatic carbocycles. The second-order valence-electron chi connectivity index (χ2n) is 8.55. The molecule has 10 nitrogen and oxygen atoms in total. The molecule has 4 rings (SSSR count). The molecule has 0 spiro atoms. The second kappa shape index (κ2) is 10.2. The average molecular weight is 521 g/mol. The number of nitrogens with zero attached hydrogens (tertiary/aromatic N) is 1. The molecule has 2 aromatic carbocycles. The highest BCUT2D eigenvalue weighted by molar-refractivity contribution is 6.35. The maximum atomic E-state index is 14.1. The molecule has 1 aromatic heterocycles. The minimum absolute atomic E-state index is 0.201. The van der Waals surface area contributed by atoms with Gasteiger partial charge in [-0.25, -0.2) is 14.0 Å². The third kappa shape index (κ3) is 4.73. The largest absolute Gasteiger partial charge is 0.497 e. The molecule has 196 valence electrons. The number of carboxylic acid groups (broad SMARTS) is 1. The van der Waals surface area contributed by atoms with Crippen molar-refractivity contribution in [2.75, 3.05) is 17.7 Å². The molecule has 38 heavy (non-hydrogen) atoms. The monoisotopic (exact) mass is 520 g/mol. The number of urea groups is 1. The Morgan fingerprint density at radius 3 is 2.53 bits per heavy atom. The fourth-order valence-electron chi connectivity index (χ4n) is 4.52. The number of fused-ring (bicyclic) bond motifs is 1. The number of carboxylic acids is 1. The molecule has 2 heterocycles. The number of ether oxygens (including phenoxy) is 1. The number of aromatic carboxylic acids is 1. The molecule has 1 aliphatic rings. The van der Waals surface area contributed by atoms with Gasteiger partial charge in [0.2, 0.25) is 0 Å². The first-order valence-corrected chi connectivity index (χ1v) is 11.6. The summed E-state index contributed by atoms with van der Waals surface area (Å²) in [7, 11) is 1.36. The Balaban J connectivity index is 1.55. The van der Waals surface area contributed by atoms with E-state index in [9.17, 15) is 28.7 Å². The summed E-state index contributed by atoms with van der Waals surface area (Å²) in [6.45, 7) is 5.83. The summed E-state index contributed by atoms with van der Waals surface area (Å²) >= 11 is 0. The molecular formula is C27H25FN4O6. The Morgan fingerprint density at radius 1 is 1.16 bits per heavy atom. The zero-order valence-corrected chi connectivity index (χ0v) is 21.1. The number of methoxy groups -OCH3 is 1. The van der Waals surface area contributed by atoms with Crippen LogP contribution in [0.25, 0.3) is 11.6 Å². The van der Waals surface area contributed by atoms with Crippen molar-refractivity contribution in [3.05, 3.63) is 75.9 Å². The summed E-state index contributed by atoms with van der Waals surface area (Å²) in [5.41, 5.74) is 3.25. The van der Waals surface area contributed by atoms with Gasteiger partial charge in [-0.05, 0) is 56.7 Å². The Morgan fingerprint density at radius 2 is 1.89 bits per heavy atom. The van der Waals surface area contributed by atoms with Gasteiger partial charge in [0, 0.05) is 35.2 Å². The first-order chi connectivity index (χ1) is 18.0. The Labute approximate surface area is 217 Å². The van der Waals surface area contributed by atoms with Crippen molar-refractivity contribution in [3.63, 3.8) is 0 Å². The van der Waals surface area contributed by atoms with E-state index < -0.39 is 23.7 Å². The molecule has 0 radical (unpaired) electrons. The van der Waals surface area contributed by atoms with Gasteiger partial charge >= 0.3 is 12.0 Å². The van der Waals surface area contributed by atoms with Crippen molar-refractivity contribution >= 4 is 46.8 Å². The van der Waals surface area contributed by atoms with E-state index in [0.717, 1.165) is 6.07 Å². The van der Waals surface area contributed by atoms with Crippen LogP contribution in [-0.2, 0) is 11.3 Å². The molecule has 0 unspecified atom stereocenters. The van der Waals surface area contributed by atoms with E-state index in [0.29, 0.717) is 40.3 Å². The first-order valence-electron chi connectivity index (χ1n) is 11.6. The minimum Gasteiger partial charge on any atom is -0.497 e. The van der Waals surface area contributed by atoms with Crippen LogP contribution in [0, 0.1) is 19.7 Å². The SMILES string of the molecule is CCn1c(C)c(C(=O)O)c(C)c1C=C1C(=O)Nc2cc(NC(=O)NC(=O)c3ccc(OC)cc3F)ccc21. The summed E-state index contributed by atoms with van der Waals surface area (Å²) in [5.74, 6) is -2.97. The van der Waals surface area contributed by atoms with Gasteiger partial charge in [0.1, 0.15) is 11.6 Å². The van der Waals surface area contributed by atoms with Crippen molar-refractivity contribution in [1.82, 2.24) is 9.88 Å². The highest BCUT2D eigenvalue weighted by atomic mass is 19.1. The van der Waals surface area contributed by atoms with E-state index in [-0.39, 0.29) is 28.5 Å². The highest BCUT2D eigenvalue weighted by Crippen LogP contribution is 2.36. The quantitative estimate of drug-likeness (QED) is 0.355. The van der Waals surface area contributed by atoms with E-state index >= 15 is 0 Å². The Kier molecular flexibility index (Phi) is 7.02. The standard InChI is InChI=1S/C27H25FN4O6/c1-5-32-14(3)23(26(35)36)13(2)22(32)12-19-17-8-6-15(10-21(17)30-25(19)34)29-27(37)31-24(33)18-9-7-16(38-4)11-20(18)28/h6-12H,5H2,1-4H3,(H,30,34)(H,35,36)(H2,29,31,33,37). The molecule has 11 heteroatoms. The van der Waals surface area contributed by atoms with Crippen molar-refractivity contribution in [3.8, 4) is 5.75 Å². The van der Waals surface area contributed by atoms with Gasteiger partial charge in [-0.1, -0.05) is 6.07 Å². The zero-order valence-electron chi connectivity index (χ0n) is 21.1. The molecule has 0 bridgehead atoms. The minimum atomic E-state index is -1.04. The predicted octanol–water partition coefficient (Wildman–Crippen LogP) is 4.43. The van der Waals surface area contributed by atoms with Gasteiger partial charge in [-0.2, -0.15) is 0 Å². The maximum absolute atomic E-state index is 14.1. The van der Waals surface area contributed by atoms with Crippen molar-refractivity contribution in [2.24, 2.45) is 0 Å². The number of carbonyl (C=O) groups excluding carboxylic acids is 3. The Bertz CT molecular complexity index is 1540. The lowest BCUT2D eigenvalue weighted by Gasteiger charge is -2.09. The molecule has 0 saturated carbocycles. The van der Waals surface area contributed by atoms with Gasteiger partial charge in [-0.3, -0.25) is 14.9 Å². The lowest BCUT2D eigenvalue weighted by Crippen LogP contribution is -2.34. The molecule has 0 saturated heterocycles. The smallest absolute Gasteiger partial charge is 0.337 e. The van der Waals surface area contributed by atoms with Gasteiger partial charge in [-0.15, -0.1) is 0 Å². The summed E-state index contributed by atoms with van der Waals surface area (Å²) in [6, 6.07) is 7.43. The molecule has 4 amide bonds. The molecule has 4 N–H and O–H groups in total. The third-order valence-corrected chi connectivity index (χ3v) is 6.34. The average Bonchev–Trinajstić information content (AvgIpc) is 3.29. The number of rotatable bonds is 6. The van der Waals surface area contributed by atoms with Crippen LogP contribution in [0.15, 0.2) is 36.4 Å². The maximum Gasteiger partial charge on any atom is 0.337 e. The van der Waals surface area contributed by atoms with Crippen molar-refractivity contribution in [2.45, 2.75) is 27.3 Å². The van der Waals surface area contributed by atoms with E-state index in [2.05, 4.69) is 16.0 Å². The number of nitrogens with one attached hydrogen (secondary N) is 3. The van der Waals surface area contributed by atoms with E-state index in [1.165, 1.54) is 25.3 Å². The number of imide groups is 1. The van der Waals surface area contributed by atoms with E-state index in [1.807, 2.05) is 11.5 Å². The first kappa shape index (κ1) is 26.1. The van der Waals surface area contributed by atoms with Crippen LogP contribution < -0.4 is 20.7 Å². The summed E-state index contributed by atoms with van der Waals surface area (Å²) in [6.07, 6.45) is 1.65.